The van der Waals surface area contributed by atoms with Crippen LogP contribution in [-0.4, -0.2) is 13.2 Å². The second kappa shape index (κ2) is 4.28. The van der Waals surface area contributed by atoms with Gasteiger partial charge in [0, 0.05) is 11.5 Å². The number of hydrogen-bond acceptors (Lipinski definition) is 2. The van der Waals surface area contributed by atoms with Crippen molar-refractivity contribution in [3.05, 3.63) is 48.1 Å². The molecule has 0 saturated carbocycles. The highest BCUT2D eigenvalue weighted by Gasteiger charge is 2.29. The Bertz CT molecular complexity index is 456. The Labute approximate surface area is 102 Å². The van der Waals surface area contributed by atoms with Gasteiger partial charge in [0.25, 0.3) is 0 Å². The van der Waals surface area contributed by atoms with Gasteiger partial charge in [-0.05, 0) is 49.3 Å². The van der Waals surface area contributed by atoms with Crippen LogP contribution in [0.5, 0.6) is 5.75 Å². The van der Waals surface area contributed by atoms with Gasteiger partial charge in [-0.25, -0.2) is 0 Å². The minimum Gasteiger partial charge on any atom is -0.497 e. The molecule has 0 fully saturated rings. The maximum atomic E-state index is 5.96. The van der Waals surface area contributed by atoms with Crippen LogP contribution in [-0.2, 0) is 4.74 Å². The molecule has 0 N–H and O–H groups in total. The Kier molecular flexibility index (Phi) is 2.63. The van der Waals surface area contributed by atoms with E-state index < -0.39 is 0 Å². The quantitative estimate of drug-likeness (QED) is 0.722. The van der Waals surface area contributed by atoms with Crippen LogP contribution < -0.4 is 4.74 Å². The molecule has 1 aliphatic heterocycles. The average Bonchev–Trinajstić information content (AvgIpc) is 2.82. The van der Waals surface area contributed by atoms with Gasteiger partial charge in [0.1, 0.15) is 17.6 Å². The van der Waals surface area contributed by atoms with Gasteiger partial charge in [-0.2, -0.15) is 0 Å². The molecule has 0 aromatic heterocycles. The van der Waals surface area contributed by atoms with Crippen molar-refractivity contribution in [1.82, 2.24) is 0 Å². The summed E-state index contributed by atoms with van der Waals surface area (Å²) in [4.78, 5) is 0. The average molecular weight is 228 g/mol. The van der Waals surface area contributed by atoms with Gasteiger partial charge in [0.15, 0.2) is 0 Å². The lowest BCUT2D eigenvalue weighted by Gasteiger charge is -2.18. The van der Waals surface area contributed by atoms with Crippen molar-refractivity contribution < 1.29 is 9.47 Å². The lowest BCUT2D eigenvalue weighted by Crippen LogP contribution is -2.16. The highest BCUT2D eigenvalue weighted by Crippen LogP contribution is 2.36. The van der Waals surface area contributed by atoms with Crippen LogP contribution in [0, 0.1) is 5.92 Å². The molecule has 0 unspecified atom stereocenters. The maximum absolute atomic E-state index is 5.96. The summed E-state index contributed by atoms with van der Waals surface area (Å²) >= 11 is 0. The third-order valence-corrected chi connectivity index (χ3v) is 3.42. The molecule has 1 aromatic rings. The molecule has 0 amide bonds. The molecule has 2 nitrogen and oxygen atoms in total. The highest BCUT2D eigenvalue weighted by molar-refractivity contribution is 5.63. The van der Waals surface area contributed by atoms with E-state index in [2.05, 4.69) is 18.2 Å². The SMILES string of the molecule is COc1ccc(C2=C[C@@H]3CCC=C[C@@H]3O2)cc1. The van der Waals surface area contributed by atoms with E-state index in [1.165, 1.54) is 6.42 Å². The fourth-order valence-electron chi connectivity index (χ4n) is 2.43. The first kappa shape index (κ1) is 10.5. The Morgan fingerprint density at radius 1 is 1.24 bits per heavy atom. The predicted molar refractivity (Wildman–Crippen MR) is 67.7 cm³/mol. The first-order valence-corrected chi connectivity index (χ1v) is 6.06. The Balaban J connectivity index is 1.83. The molecule has 1 heterocycles. The molecule has 1 aromatic carbocycles. The summed E-state index contributed by atoms with van der Waals surface area (Å²) < 4.78 is 11.1. The normalized spacial score (nSPS) is 26.1. The summed E-state index contributed by atoms with van der Waals surface area (Å²) in [5, 5.41) is 0. The van der Waals surface area contributed by atoms with Crippen LogP contribution in [0.4, 0.5) is 0 Å². The summed E-state index contributed by atoms with van der Waals surface area (Å²) in [5.41, 5.74) is 1.13. The van der Waals surface area contributed by atoms with Gasteiger partial charge >= 0.3 is 0 Å². The van der Waals surface area contributed by atoms with Crippen molar-refractivity contribution in [2.45, 2.75) is 18.9 Å². The number of fused-ring (bicyclic) bond motifs is 1. The Morgan fingerprint density at radius 2 is 2.06 bits per heavy atom. The summed E-state index contributed by atoms with van der Waals surface area (Å²) in [6.45, 7) is 0. The van der Waals surface area contributed by atoms with E-state index in [1.54, 1.807) is 7.11 Å². The first-order chi connectivity index (χ1) is 8.36. The minimum absolute atomic E-state index is 0.251. The molecule has 88 valence electrons. The fraction of sp³-hybridized carbons (Fsp3) is 0.333. The van der Waals surface area contributed by atoms with E-state index in [1.807, 2.05) is 24.3 Å². The largest absolute Gasteiger partial charge is 0.497 e. The smallest absolute Gasteiger partial charge is 0.123 e. The molecule has 0 saturated heterocycles. The lowest BCUT2D eigenvalue weighted by atomic mass is 9.92. The molecule has 2 atom stereocenters. The zero-order valence-corrected chi connectivity index (χ0v) is 9.93. The fourth-order valence-corrected chi connectivity index (χ4v) is 2.43. The first-order valence-electron chi connectivity index (χ1n) is 6.06. The van der Waals surface area contributed by atoms with E-state index in [9.17, 15) is 0 Å². The van der Waals surface area contributed by atoms with E-state index >= 15 is 0 Å². The van der Waals surface area contributed by atoms with Gasteiger partial charge < -0.3 is 9.47 Å². The van der Waals surface area contributed by atoms with Crippen molar-refractivity contribution in [3.63, 3.8) is 0 Å². The van der Waals surface area contributed by atoms with E-state index in [0.717, 1.165) is 23.5 Å². The predicted octanol–water partition coefficient (Wildman–Crippen LogP) is 3.40. The van der Waals surface area contributed by atoms with Crippen LogP contribution in [0.1, 0.15) is 18.4 Å². The molecule has 17 heavy (non-hydrogen) atoms. The van der Waals surface area contributed by atoms with Crippen molar-refractivity contribution in [3.8, 4) is 5.75 Å². The molecule has 2 aliphatic rings. The van der Waals surface area contributed by atoms with Gasteiger partial charge in [-0.3, -0.25) is 0 Å². The molecule has 3 rings (SSSR count). The number of hydrogen-bond donors (Lipinski definition) is 0. The van der Waals surface area contributed by atoms with Crippen molar-refractivity contribution >= 4 is 5.76 Å². The van der Waals surface area contributed by atoms with E-state index in [-0.39, 0.29) is 6.10 Å². The van der Waals surface area contributed by atoms with Gasteiger partial charge in [-0.15, -0.1) is 0 Å². The zero-order chi connectivity index (χ0) is 11.7. The van der Waals surface area contributed by atoms with Crippen LogP contribution in [0.3, 0.4) is 0 Å². The molecule has 1 aliphatic carbocycles. The molecule has 0 radical (unpaired) electrons. The number of rotatable bonds is 2. The standard InChI is InChI=1S/C15H16O2/c1-16-13-8-6-11(7-9-13)15-10-12-4-2-3-5-14(12)17-15/h3,5-10,12,14H,2,4H2,1H3/t12-,14-/m0/s1. The monoisotopic (exact) mass is 228 g/mol. The molecule has 0 bridgehead atoms. The van der Waals surface area contributed by atoms with Crippen LogP contribution in [0.15, 0.2) is 42.5 Å². The third-order valence-electron chi connectivity index (χ3n) is 3.42. The molecule has 2 heteroatoms. The zero-order valence-electron chi connectivity index (χ0n) is 9.93. The lowest BCUT2D eigenvalue weighted by molar-refractivity contribution is 0.187. The Morgan fingerprint density at radius 3 is 2.76 bits per heavy atom. The van der Waals surface area contributed by atoms with Crippen molar-refractivity contribution in [2.75, 3.05) is 7.11 Å². The van der Waals surface area contributed by atoms with E-state index in [4.69, 9.17) is 9.47 Å². The summed E-state index contributed by atoms with van der Waals surface area (Å²) in [5.74, 6) is 2.44. The maximum Gasteiger partial charge on any atom is 0.123 e. The number of benzene rings is 1. The van der Waals surface area contributed by atoms with Crippen LogP contribution in [0.2, 0.25) is 0 Å². The Hall–Kier alpha value is -1.70. The van der Waals surface area contributed by atoms with Crippen molar-refractivity contribution in [2.24, 2.45) is 5.92 Å². The summed E-state index contributed by atoms with van der Waals surface area (Å²) in [6, 6.07) is 8.03. The molecular formula is C15H16O2. The molecular weight excluding hydrogens is 212 g/mol. The third kappa shape index (κ3) is 1.95. The van der Waals surface area contributed by atoms with Gasteiger partial charge in [0.05, 0.1) is 7.11 Å². The second-order valence-electron chi connectivity index (χ2n) is 4.51. The van der Waals surface area contributed by atoms with E-state index in [0.29, 0.717) is 5.92 Å². The summed E-state index contributed by atoms with van der Waals surface area (Å²) in [7, 11) is 1.68. The van der Waals surface area contributed by atoms with Crippen LogP contribution >= 0.6 is 0 Å². The number of ether oxygens (including phenoxy) is 2. The highest BCUT2D eigenvalue weighted by atomic mass is 16.5. The topological polar surface area (TPSA) is 18.5 Å². The van der Waals surface area contributed by atoms with Crippen molar-refractivity contribution in [1.29, 1.82) is 0 Å². The second-order valence-corrected chi connectivity index (χ2v) is 4.51. The van der Waals surface area contributed by atoms with Gasteiger partial charge in [-0.1, -0.05) is 6.08 Å². The minimum atomic E-state index is 0.251. The number of methoxy groups -OCH3 is 1. The van der Waals surface area contributed by atoms with Crippen LogP contribution in [0.25, 0.3) is 5.76 Å². The molecule has 0 spiro atoms. The number of allylic oxidation sites excluding steroid dienone is 1. The summed E-state index contributed by atoms with van der Waals surface area (Å²) in [6.07, 6.45) is 9.27. The van der Waals surface area contributed by atoms with Gasteiger partial charge in [0.2, 0.25) is 0 Å².